The Labute approximate surface area is 171 Å². The first-order valence-electron chi connectivity index (χ1n) is 9.15. The highest BCUT2D eigenvalue weighted by atomic mass is 16.6. The molecule has 1 aliphatic rings. The summed E-state index contributed by atoms with van der Waals surface area (Å²) in [5.74, 6) is -1.89. The van der Waals surface area contributed by atoms with Gasteiger partial charge in [0.05, 0.1) is 16.5 Å². The zero-order valence-electron chi connectivity index (χ0n) is 15.6. The van der Waals surface area contributed by atoms with Gasteiger partial charge in [0, 0.05) is 23.4 Å². The average molecular weight is 400 g/mol. The second kappa shape index (κ2) is 7.63. The van der Waals surface area contributed by atoms with Crippen LogP contribution in [-0.2, 0) is 9.59 Å². The highest BCUT2D eigenvalue weighted by molar-refractivity contribution is 6.51. The molecule has 1 aliphatic heterocycles. The van der Waals surface area contributed by atoms with Crippen molar-refractivity contribution in [2.24, 2.45) is 0 Å². The number of hydrogen-bond donors (Lipinski definition) is 1. The molecular weight excluding hydrogens is 384 g/mol. The predicted octanol–water partition coefficient (Wildman–Crippen LogP) is 4.22. The molecule has 3 aromatic rings. The van der Waals surface area contributed by atoms with Crippen LogP contribution in [0.5, 0.6) is 0 Å². The van der Waals surface area contributed by atoms with Crippen LogP contribution in [0.1, 0.15) is 17.2 Å². The topological polar surface area (TPSA) is 101 Å². The van der Waals surface area contributed by atoms with E-state index >= 15 is 0 Å². The molecule has 30 heavy (non-hydrogen) atoms. The molecule has 0 spiro atoms. The number of amides is 1. The molecule has 0 aliphatic carbocycles. The Bertz CT molecular complexity index is 1160. The van der Waals surface area contributed by atoms with Crippen LogP contribution in [0.25, 0.3) is 5.76 Å². The van der Waals surface area contributed by atoms with Crippen molar-refractivity contribution >= 4 is 28.8 Å². The fraction of sp³-hybridized carbons (Fsp3) is 0.0435. The molecule has 4 rings (SSSR count). The van der Waals surface area contributed by atoms with Crippen molar-refractivity contribution < 1.29 is 19.6 Å². The largest absolute Gasteiger partial charge is 0.507 e. The Balaban J connectivity index is 1.93. The Morgan fingerprint density at radius 3 is 2.00 bits per heavy atom. The molecule has 0 bridgehead atoms. The molecule has 148 valence electrons. The molecule has 3 aromatic carbocycles. The van der Waals surface area contributed by atoms with Gasteiger partial charge >= 0.3 is 0 Å². The number of Topliss-reactive ketones (excluding diaryl/α,β-unsaturated/α-hetero) is 1. The molecule has 0 saturated carbocycles. The number of carbonyl (C=O) groups excluding carboxylic acids is 2. The van der Waals surface area contributed by atoms with Gasteiger partial charge in [0.15, 0.2) is 0 Å². The van der Waals surface area contributed by atoms with Gasteiger partial charge in [0.25, 0.3) is 17.4 Å². The maximum absolute atomic E-state index is 12.9. The van der Waals surface area contributed by atoms with Gasteiger partial charge in [-0.05, 0) is 29.8 Å². The summed E-state index contributed by atoms with van der Waals surface area (Å²) in [7, 11) is 0. The summed E-state index contributed by atoms with van der Waals surface area (Å²) in [5, 5.41) is 21.9. The highest BCUT2D eigenvalue weighted by Crippen LogP contribution is 2.42. The van der Waals surface area contributed by atoms with Crippen molar-refractivity contribution in [3.63, 3.8) is 0 Å². The standard InChI is InChI=1S/C23H16N2O5/c26-21(16-7-3-1-4-8-16)19-20(15-11-13-18(14-12-15)25(29)30)24(23(28)22(19)27)17-9-5-2-6-10-17/h1-14,20,26H/t20-/m1/s1. The number of rotatable bonds is 4. The van der Waals surface area contributed by atoms with Gasteiger partial charge in [-0.15, -0.1) is 0 Å². The van der Waals surface area contributed by atoms with Crippen molar-refractivity contribution in [1.82, 2.24) is 0 Å². The SMILES string of the molecule is O=C1C(=O)N(c2ccccc2)[C@H](c2ccc([N+](=O)[O-])cc2)C1=C(O)c1ccccc1. The van der Waals surface area contributed by atoms with Crippen molar-refractivity contribution in [1.29, 1.82) is 0 Å². The van der Waals surface area contributed by atoms with Gasteiger partial charge in [0.2, 0.25) is 0 Å². The zero-order valence-corrected chi connectivity index (χ0v) is 15.6. The molecule has 0 aromatic heterocycles. The molecule has 1 atom stereocenters. The number of carbonyl (C=O) groups is 2. The summed E-state index contributed by atoms with van der Waals surface area (Å²) in [6.07, 6.45) is 0. The molecule has 0 unspecified atom stereocenters. The minimum atomic E-state index is -0.923. The number of hydrogen-bond acceptors (Lipinski definition) is 5. The Morgan fingerprint density at radius 2 is 1.43 bits per heavy atom. The van der Waals surface area contributed by atoms with Crippen LogP contribution in [0, 0.1) is 10.1 Å². The Kier molecular flexibility index (Phi) is 4.85. The molecule has 1 heterocycles. The first kappa shape index (κ1) is 19.1. The summed E-state index contributed by atoms with van der Waals surface area (Å²) in [5.41, 5.74) is 1.18. The van der Waals surface area contributed by atoms with Crippen LogP contribution in [0.4, 0.5) is 11.4 Å². The summed E-state index contributed by atoms with van der Waals surface area (Å²) in [6, 6.07) is 21.8. The third-order valence-electron chi connectivity index (χ3n) is 4.95. The lowest BCUT2D eigenvalue weighted by Crippen LogP contribution is -2.29. The van der Waals surface area contributed by atoms with Crippen LogP contribution >= 0.6 is 0 Å². The maximum atomic E-state index is 12.9. The van der Waals surface area contributed by atoms with E-state index in [-0.39, 0.29) is 17.0 Å². The van der Waals surface area contributed by atoms with E-state index in [1.165, 1.54) is 29.2 Å². The number of aliphatic hydroxyl groups is 1. The average Bonchev–Trinajstić information content (AvgIpc) is 3.05. The number of ketones is 1. The summed E-state index contributed by atoms with van der Waals surface area (Å²) >= 11 is 0. The molecule has 7 heteroatoms. The lowest BCUT2D eigenvalue weighted by molar-refractivity contribution is -0.384. The summed E-state index contributed by atoms with van der Waals surface area (Å²) < 4.78 is 0. The first-order valence-corrected chi connectivity index (χ1v) is 9.15. The number of anilines is 1. The predicted molar refractivity (Wildman–Crippen MR) is 111 cm³/mol. The van der Waals surface area contributed by atoms with E-state index in [1.807, 2.05) is 0 Å². The lowest BCUT2D eigenvalue weighted by Gasteiger charge is -2.25. The monoisotopic (exact) mass is 400 g/mol. The van der Waals surface area contributed by atoms with Crippen LogP contribution in [0.2, 0.25) is 0 Å². The van der Waals surface area contributed by atoms with Gasteiger partial charge in [-0.25, -0.2) is 0 Å². The molecule has 7 nitrogen and oxygen atoms in total. The lowest BCUT2D eigenvalue weighted by atomic mass is 9.95. The van der Waals surface area contributed by atoms with E-state index in [4.69, 9.17) is 0 Å². The van der Waals surface area contributed by atoms with E-state index < -0.39 is 22.7 Å². The van der Waals surface area contributed by atoms with Gasteiger partial charge in [-0.3, -0.25) is 24.6 Å². The van der Waals surface area contributed by atoms with E-state index in [0.717, 1.165) is 0 Å². The molecule has 1 N–H and O–H groups in total. The maximum Gasteiger partial charge on any atom is 0.300 e. The second-order valence-electron chi connectivity index (χ2n) is 6.72. The third kappa shape index (κ3) is 3.22. The first-order chi connectivity index (χ1) is 14.5. The van der Waals surface area contributed by atoms with Crippen molar-refractivity contribution in [3.05, 3.63) is 112 Å². The van der Waals surface area contributed by atoms with Crippen LogP contribution in [0.3, 0.4) is 0 Å². The van der Waals surface area contributed by atoms with E-state index in [9.17, 15) is 24.8 Å². The summed E-state index contributed by atoms with van der Waals surface area (Å²) in [4.78, 5) is 37.7. The molecule has 1 amide bonds. The molecule has 0 radical (unpaired) electrons. The Hall–Kier alpha value is -4.26. The smallest absolute Gasteiger partial charge is 0.300 e. The minimum Gasteiger partial charge on any atom is -0.507 e. The number of aliphatic hydroxyl groups excluding tert-OH is 1. The Morgan fingerprint density at radius 1 is 0.867 bits per heavy atom. The molecular formula is C23H16N2O5. The van der Waals surface area contributed by atoms with E-state index in [0.29, 0.717) is 16.8 Å². The van der Waals surface area contributed by atoms with Crippen molar-refractivity contribution in [2.75, 3.05) is 4.90 Å². The minimum absolute atomic E-state index is 0.0658. The fourth-order valence-corrected chi connectivity index (χ4v) is 3.53. The number of non-ortho nitro benzene ring substituents is 1. The number of para-hydroxylation sites is 1. The van der Waals surface area contributed by atoms with Crippen molar-refractivity contribution in [3.8, 4) is 0 Å². The van der Waals surface area contributed by atoms with E-state index in [2.05, 4.69) is 0 Å². The van der Waals surface area contributed by atoms with E-state index in [1.54, 1.807) is 60.7 Å². The van der Waals surface area contributed by atoms with Crippen LogP contribution in [0.15, 0.2) is 90.5 Å². The molecule has 1 saturated heterocycles. The molecule has 1 fully saturated rings. The number of nitro groups is 1. The normalized spacial score (nSPS) is 17.9. The third-order valence-corrected chi connectivity index (χ3v) is 4.95. The van der Waals surface area contributed by atoms with Crippen molar-refractivity contribution in [2.45, 2.75) is 6.04 Å². The second-order valence-corrected chi connectivity index (χ2v) is 6.72. The van der Waals surface area contributed by atoms with Gasteiger partial charge in [0.1, 0.15) is 5.76 Å². The fourth-order valence-electron chi connectivity index (χ4n) is 3.53. The summed E-state index contributed by atoms with van der Waals surface area (Å²) in [6.45, 7) is 0. The van der Waals surface area contributed by atoms with Gasteiger partial charge in [-0.1, -0.05) is 48.5 Å². The zero-order chi connectivity index (χ0) is 21.3. The quantitative estimate of drug-likeness (QED) is 0.232. The number of nitro benzene ring substituents is 1. The number of benzene rings is 3. The van der Waals surface area contributed by atoms with Crippen LogP contribution < -0.4 is 4.90 Å². The number of nitrogens with zero attached hydrogens (tertiary/aromatic N) is 2. The van der Waals surface area contributed by atoms with Gasteiger partial charge < -0.3 is 5.11 Å². The van der Waals surface area contributed by atoms with Gasteiger partial charge in [-0.2, -0.15) is 0 Å². The van der Waals surface area contributed by atoms with Crippen LogP contribution in [-0.4, -0.2) is 21.7 Å². The highest BCUT2D eigenvalue weighted by Gasteiger charge is 2.46.